The number of hydrogen-bond acceptors (Lipinski definition) is 11. The summed E-state index contributed by atoms with van der Waals surface area (Å²) in [6.07, 6.45) is -0.755. The first kappa shape index (κ1) is 26.7. The van der Waals surface area contributed by atoms with E-state index in [2.05, 4.69) is 25.0 Å². The number of aliphatic hydroxyl groups is 2. The largest absolute Gasteiger partial charge is 0.479 e. The molecule has 1 saturated heterocycles. The number of anilines is 1. The molecule has 0 bridgehead atoms. The molecular formula is C25H35N7O5. The molecule has 1 aliphatic rings. The highest BCUT2D eigenvalue weighted by Gasteiger charge is 2.45. The second kappa shape index (κ2) is 12.3. The van der Waals surface area contributed by atoms with Gasteiger partial charge >= 0.3 is 0 Å². The van der Waals surface area contributed by atoms with Crippen molar-refractivity contribution in [3.63, 3.8) is 0 Å². The number of fused-ring (bicyclic) bond motifs is 1. The number of imidazole rings is 1. The van der Waals surface area contributed by atoms with Crippen molar-refractivity contribution in [1.29, 1.82) is 0 Å². The van der Waals surface area contributed by atoms with Gasteiger partial charge in [-0.05, 0) is 33.4 Å². The Morgan fingerprint density at radius 2 is 1.97 bits per heavy atom. The van der Waals surface area contributed by atoms with Gasteiger partial charge in [0.15, 0.2) is 23.2 Å². The van der Waals surface area contributed by atoms with Crippen LogP contribution in [0.15, 0.2) is 41.8 Å². The molecule has 0 amide bonds. The minimum absolute atomic E-state index is 0.230. The minimum Gasteiger partial charge on any atom is -0.479 e. The number of nitrogens with zero attached hydrogens (tertiary/aromatic N) is 6. The number of hydrogen-bond donors (Lipinski definition) is 3. The zero-order chi connectivity index (χ0) is 26.4. The van der Waals surface area contributed by atoms with E-state index in [1.54, 1.807) is 11.5 Å². The smallest absolute Gasteiger partial charge is 0.222 e. The molecule has 4 N–H and O–H groups in total. The number of nitrogens with two attached hydrogens (primary N) is 1. The number of unbranched alkanes of at least 4 members (excludes halogenated alkanes) is 1. The Hall–Kier alpha value is -3.32. The van der Waals surface area contributed by atoms with Gasteiger partial charge in [0.1, 0.15) is 37.1 Å². The quantitative estimate of drug-likeness (QED) is 0.150. The standard InChI is InChI=1S/C25H35N7O5/c1-4-35-16(2)30-36-13-9-8-12-31(3)14-18-20(33)21(34)25(37-18)32-23(17-10-6-5-7-11-17)29-19-22(26)27-15-28-24(19)32/h5-7,10-11,15,18,20-21,25,33-34H,4,8-9,12-14H2,1-3H3,(H2,26,27,28)/b30-16-/t18-,20-,21-,25-/m1/s1. The maximum atomic E-state index is 11.0. The second-order valence-corrected chi connectivity index (χ2v) is 8.99. The molecule has 37 heavy (non-hydrogen) atoms. The zero-order valence-electron chi connectivity index (χ0n) is 21.4. The molecule has 200 valence electrons. The first-order valence-corrected chi connectivity index (χ1v) is 12.4. The number of benzene rings is 1. The Bertz CT molecular complexity index is 1190. The summed E-state index contributed by atoms with van der Waals surface area (Å²) in [4.78, 5) is 20.4. The number of aromatic nitrogens is 4. The lowest BCUT2D eigenvalue weighted by Gasteiger charge is -2.23. The van der Waals surface area contributed by atoms with Crippen molar-refractivity contribution in [3.8, 4) is 11.4 Å². The van der Waals surface area contributed by atoms with Gasteiger partial charge in [-0.2, -0.15) is 0 Å². The number of aliphatic hydroxyl groups excluding tert-OH is 2. The third kappa shape index (κ3) is 6.16. The van der Waals surface area contributed by atoms with Gasteiger partial charge in [-0.3, -0.25) is 4.57 Å². The summed E-state index contributed by atoms with van der Waals surface area (Å²) in [5.41, 5.74) is 7.71. The lowest BCUT2D eigenvalue weighted by Crippen LogP contribution is -2.38. The monoisotopic (exact) mass is 513 g/mol. The van der Waals surface area contributed by atoms with Gasteiger partial charge in [0.05, 0.1) is 6.61 Å². The Morgan fingerprint density at radius 3 is 2.73 bits per heavy atom. The van der Waals surface area contributed by atoms with Crippen LogP contribution >= 0.6 is 0 Å². The van der Waals surface area contributed by atoms with Gasteiger partial charge in [-0.25, -0.2) is 15.0 Å². The molecule has 1 aromatic carbocycles. The number of ether oxygens (including phenoxy) is 2. The average Bonchev–Trinajstić information content (AvgIpc) is 3.40. The molecule has 12 nitrogen and oxygen atoms in total. The van der Waals surface area contributed by atoms with E-state index in [0.29, 0.717) is 42.6 Å². The number of likely N-dealkylation sites (N-methyl/N-ethyl adjacent to an activating group) is 1. The number of oxime groups is 1. The van der Waals surface area contributed by atoms with Gasteiger partial charge in [0.2, 0.25) is 5.90 Å². The topological polar surface area (TPSA) is 153 Å². The Morgan fingerprint density at radius 1 is 1.19 bits per heavy atom. The summed E-state index contributed by atoms with van der Waals surface area (Å²) >= 11 is 0. The summed E-state index contributed by atoms with van der Waals surface area (Å²) < 4.78 is 13.1. The van der Waals surface area contributed by atoms with Crippen LogP contribution in [0.3, 0.4) is 0 Å². The Balaban J connectivity index is 1.42. The fourth-order valence-electron chi connectivity index (χ4n) is 4.37. The van der Waals surface area contributed by atoms with E-state index in [4.69, 9.17) is 20.0 Å². The lowest BCUT2D eigenvalue weighted by molar-refractivity contribution is -0.0414. The van der Waals surface area contributed by atoms with E-state index < -0.39 is 24.5 Å². The fraction of sp³-hybridized carbons (Fsp3) is 0.520. The van der Waals surface area contributed by atoms with Crippen LogP contribution in [0.1, 0.15) is 32.9 Å². The van der Waals surface area contributed by atoms with Crippen molar-refractivity contribution in [1.82, 2.24) is 24.4 Å². The van der Waals surface area contributed by atoms with Gasteiger partial charge in [0.25, 0.3) is 0 Å². The first-order chi connectivity index (χ1) is 17.9. The predicted octanol–water partition coefficient (Wildman–Crippen LogP) is 1.79. The molecule has 0 radical (unpaired) electrons. The van der Waals surface area contributed by atoms with E-state index >= 15 is 0 Å². The van der Waals surface area contributed by atoms with Crippen molar-refractivity contribution >= 4 is 22.9 Å². The summed E-state index contributed by atoms with van der Waals surface area (Å²) in [7, 11) is 1.95. The molecule has 1 aliphatic heterocycles. The van der Waals surface area contributed by atoms with Crippen LogP contribution in [0.5, 0.6) is 0 Å². The van der Waals surface area contributed by atoms with Crippen LogP contribution in [0.2, 0.25) is 0 Å². The highest BCUT2D eigenvalue weighted by atomic mass is 16.6. The van der Waals surface area contributed by atoms with Crippen molar-refractivity contribution < 1.29 is 24.5 Å². The number of nitrogen functional groups attached to an aromatic ring is 1. The first-order valence-electron chi connectivity index (χ1n) is 12.4. The van der Waals surface area contributed by atoms with Crippen LogP contribution in [0, 0.1) is 0 Å². The SMILES string of the molecule is CCO/C(C)=N\OCCCCN(C)C[C@H]1O[C@@H](n2c(-c3ccccc3)nc3c(N)ncnc32)[C@H](O)[C@@H]1O. The molecule has 4 rings (SSSR count). The Labute approximate surface area is 215 Å². The van der Waals surface area contributed by atoms with Crippen molar-refractivity contribution in [2.24, 2.45) is 5.16 Å². The Kier molecular flexibility index (Phi) is 8.87. The molecule has 0 spiro atoms. The van der Waals surface area contributed by atoms with Crippen LogP contribution < -0.4 is 5.73 Å². The third-order valence-electron chi connectivity index (χ3n) is 6.19. The summed E-state index contributed by atoms with van der Waals surface area (Å²) in [5, 5.41) is 25.8. The van der Waals surface area contributed by atoms with Crippen LogP contribution in [0.4, 0.5) is 5.82 Å². The summed E-state index contributed by atoms with van der Waals surface area (Å²) in [6, 6.07) is 9.49. The molecule has 0 aliphatic carbocycles. The highest BCUT2D eigenvalue weighted by molar-refractivity contribution is 5.85. The molecule has 0 unspecified atom stereocenters. The molecular weight excluding hydrogens is 478 g/mol. The molecule has 12 heteroatoms. The molecule has 4 atom stereocenters. The molecule has 0 saturated carbocycles. The summed E-state index contributed by atoms with van der Waals surface area (Å²) in [6.45, 7) is 5.89. The summed E-state index contributed by atoms with van der Waals surface area (Å²) in [5.74, 6) is 1.26. The van der Waals surface area contributed by atoms with E-state index in [9.17, 15) is 10.2 Å². The normalized spacial score (nSPS) is 22.2. The molecule has 3 aromatic rings. The van der Waals surface area contributed by atoms with Crippen molar-refractivity contribution in [3.05, 3.63) is 36.7 Å². The molecule has 1 fully saturated rings. The average molecular weight is 514 g/mol. The predicted molar refractivity (Wildman–Crippen MR) is 139 cm³/mol. The van der Waals surface area contributed by atoms with Crippen LogP contribution in [-0.4, -0.2) is 92.2 Å². The van der Waals surface area contributed by atoms with E-state index in [1.807, 2.05) is 44.3 Å². The van der Waals surface area contributed by atoms with Gasteiger partial charge in [-0.15, -0.1) is 0 Å². The van der Waals surface area contributed by atoms with Gasteiger partial charge < -0.3 is 35.2 Å². The van der Waals surface area contributed by atoms with Gasteiger partial charge in [-0.1, -0.05) is 35.5 Å². The minimum atomic E-state index is -1.19. The van der Waals surface area contributed by atoms with E-state index in [-0.39, 0.29) is 5.82 Å². The van der Waals surface area contributed by atoms with Crippen LogP contribution in [0.25, 0.3) is 22.6 Å². The highest BCUT2D eigenvalue weighted by Crippen LogP contribution is 2.36. The fourth-order valence-corrected chi connectivity index (χ4v) is 4.37. The van der Waals surface area contributed by atoms with E-state index in [1.165, 1.54) is 6.33 Å². The molecule has 3 heterocycles. The van der Waals surface area contributed by atoms with Crippen molar-refractivity contribution in [2.45, 2.75) is 51.2 Å². The third-order valence-corrected chi connectivity index (χ3v) is 6.19. The maximum absolute atomic E-state index is 11.0. The lowest BCUT2D eigenvalue weighted by atomic mass is 10.1. The molecule has 2 aromatic heterocycles. The number of rotatable bonds is 11. The van der Waals surface area contributed by atoms with Crippen LogP contribution in [-0.2, 0) is 14.3 Å². The maximum Gasteiger partial charge on any atom is 0.222 e. The van der Waals surface area contributed by atoms with Gasteiger partial charge in [0, 0.05) is 19.0 Å². The second-order valence-electron chi connectivity index (χ2n) is 8.99. The zero-order valence-corrected chi connectivity index (χ0v) is 21.4. The van der Waals surface area contributed by atoms with Crippen molar-refractivity contribution in [2.75, 3.05) is 39.1 Å². The van der Waals surface area contributed by atoms with E-state index in [0.717, 1.165) is 24.9 Å².